The fourth-order valence-electron chi connectivity index (χ4n) is 5.05. The number of aromatic nitrogens is 2. The van der Waals surface area contributed by atoms with Gasteiger partial charge in [-0.25, -0.2) is 9.78 Å². The van der Waals surface area contributed by atoms with Crippen LogP contribution < -0.4 is 5.32 Å². The second-order valence-electron chi connectivity index (χ2n) is 9.76. The van der Waals surface area contributed by atoms with Crippen LogP contribution in [0.15, 0.2) is 78.9 Å². The number of H-pyrrole nitrogens is 1. The first-order chi connectivity index (χ1) is 18.5. The summed E-state index contributed by atoms with van der Waals surface area (Å²) in [4.78, 5) is 38.4. The lowest BCUT2D eigenvalue weighted by molar-refractivity contribution is -0.132. The van der Waals surface area contributed by atoms with Gasteiger partial charge < -0.3 is 20.1 Å². The van der Waals surface area contributed by atoms with E-state index in [2.05, 4.69) is 10.3 Å². The van der Waals surface area contributed by atoms with Crippen LogP contribution >= 0.6 is 11.6 Å². The molecule has 0 aliphatic carbocycles. The number of nitrogens with one attached hydrogen (secondary N) is 2. The smallest absolute Gasteiger partial charge is 0.322 e. The van der Waals surface area contributed by atoms with Gasteiger partial charge in [0.05, 0.1) is 17.1 Å². The van der Waals surface area contributed by atoms with Crippen molar-refractivity contribution in [1.29, 1.82) is 0 Å². The number of imidazole rings is 1. The van der Waals surface area contributed by atoms with Gasteiger partial charge in [0.1, 0.15) is 5.82 Å². The molecular weight excluding hydrogens is 498 g/mol. The van der Waals surface area contributed by atoms with Crippen LogP contribution in [0.25, 0.3) is 11.0 Å². The number of anilines is 1. The summed E-state index contributed by atoms with van der Waals surface area (Å²) in [5.74, 6) is 1.38. The van der Waals surface area contributed by atoms with Crippen molar-refractivity contribution in [2.45, 2.75) is 38.1 Å². The van der Waals surface area contributed by atoms with Crippen LogP contribution in [-0.4, -0.2) is 51.3 Å². The van der Waals surface area contributed by atoms with E-state index in [0.29, 0.717) is 36.3 Å². The van der Waals surface area contributed by atoms with E-state index in [-0.39, 0.29) is 24.4 Å². The fourth-order valence-corrected chi connectivity index (χ4v) is 5.18. The number of hydrogen-bond donors (Lipinski definition) is 2. The third-order valence-corrected chi connectivity index (χ3v) is 7.57. The van der Waals surface area contributed by atoms with Crippen molar-refractivity contribution >= 4 is 40.3 Å². The highest BCUT2D eigenvalue weighted by Crippen LogP contribution is 2.28. The first-order valence-corrected chi connectivity index (χ1v) is 13.5. The van der Waals surface area contributed by atoms with Crippen LogP contribution in [0.3, 0.4) is 0 Å². The van der Waals surface area contributed by atoms with Gasteiger partial charge in [-0.2, -0.15) is 0 Å². The summed E-state index contributed by atoms with van der Waals surface area (Å²) in [6, 6.07) is 24.5. The maximum Gasteiger partial charge on any atom is 0.322 e. The monoisotopic (exact) mass is 529 g/mol. The number of amides is 3. The summed E-state index contributed by atoms with van der Waals surface area (Å²) >= 11 is 5.99. The summed E-state index contributed by atoms with van der Waals surface area (Å²) < 4.78 is 0. The number of halogens is 1. The summed E-state index contributed by atoms with van der Waals surface area (Å²) in [5.41, 5.74) is 3.69. The molecule has 4 aromatic rings. The van der Waals surface area contributed by atoms with Crippen LogP contribution in [0.5, 0.6) is 0 Å². The second kappa shape index (κ2) is 11.7. The molecule has 1 atom stereocenters. The van der Waals surface area contributed by atoms with Crippen LogP contribution in [0.1, 0.15) is 49.5 Å². The van der Waals surface area contributed by atoms with E-state index in [9.17, 15) is 9.59 Å². The minimum Gasteiger partial charge on any atom is -0.343 e. The Balaban J connectivity index is 1.21. The number of carbonyl (C=O) groups excluding carboxylic acids is 2. The summed E-state index contributed by atoms with van der Waals surface area (Å²) in [6.07, 6.45) is 2.00. The SMILES string of the molecule is CC(c1ccccc1)N(CCC(=O)N1CCC(c2nc3ccccc3[nH]2)CC1)C(=O)Nc1ccc(Cl)cc1. The average Bonchev–Trinajstić information content (AvgIpc) is 3.39. The van der Waals surface area contributed by atoms with Crippen molar-refractivity contribution in [3.05, 3.63) is 95.3 Å². The van der Waals surface area contributed by atoms with Crippen LogP contribution in [0, 0.1) is 0 Å². The topological polar surface area (TPSA) is 81.3 Å². The van der Waals surface area contributed by atoms with Gasteiger partial charge in [-0.3, -0.25) is 4.79 Å². The lowest BCUT2D eigenvalue weighted by Crippen LogP contribution is -2.42. The predicted molar refractivity (Wildman–Crippen MR) is 151 cm³/mol. The number of carbonyl (C=O) groups is 2. The highest BCUT2D eigenvalue weighted by atomic mass is 35.5. The molecule has 196 valence electrons. The number of hydrogen-bond acceptors (Lipinski definition) is 3. The summed E-state index contributed by atoms with van der Waals surface area (Å²) in [5, 5.41) is 3.55. The Morgan fingerprint density at radius 1 is 1.03 bits per heavy atom. The number of nitrogens with zero attached hydrogens (tertiary/aromatic N) is 3. The van der Waals surface area contributed by atoms with Gasteiger partial charge in [-0.15, -0.1) is 0 Å². The number of piperidine rings is 1. The van der Waals surface area contributed by atoms with Crippen molar-refractivity contribution in [2.24, 2.45) is 0 Å². The molecule has 0 spiro atoms. The minimum absolute atomic E-state index is 0.0672. The Labute approximate surface area is 227 Å². The molecule has 1 aromatic heterocycles. The van der Waals surface area contributed by atoms with Gasteiger partial charge in [0.2, 0.25) is 5.91 Å². The van der Waals surface area contributed by atoms with Gasteiger partial charge >= 0.3 is 6.03 Å². The number of urea groups is 1. The van der Waals surface area contributed by atoms with Gasteiger partial charge in [0, 0.05) is 42.7 Å². The second-order valence-corrected chi connectivity index (χ2v) is 10.2. The number of para-hydroxylation sites is 2. The molecule has 1 unspecified atom stereocenters. The van der Waals surface area contributed by atoms with Crippen LogP contribution in [-0.2, 0) is 4.79 Å². The van der Waals surface area contributed by atoms with E-state index in [1.807, 2.05) is 66.4 Å². The maximum absolute atomic E-state index is 13.3. The Kier molecular flexibility index (Phi) is 7.94. The Morgan fingerprint density at radius 2 is 1.71 bits per heavy atom. The molecule has 3 aromatic carbocycles. The maximum atomic E-state index is 13.3. The third kappa shape index (κ3) is 6.00. The third-order valence-electron chi connectivity index (χ3n) is 7.31. The van der Waals surface area contributed by atoms with E-state index in [4.69, 9.17) is 16.6 Å². The molecule has 8 heteroatoms. The van der Waals surface area contributed by atoms with Crippen molar-refractivity contribution in [2.75, 3.05) is 25.0 Å². The lowest BCUT2D eigenvalue weighted by atomic mass is 9.96. The molecule has 0 radical (unpaired) electrons. The predicted octanol–water partition coefficient (Wildman–Crippen LogP) is 6.61. The first-order valence-electron chi connectivity index (χ1n) is 13.1. The largest absolute Gasteiger partial charge is 0.343 e. The molecule has 1 fully saturated rings. The molecule has 3 amide bonds. The minimum atomic E-state index is -0.250. The number of likely N-dealkylation sites (tertiary alicyclic amines) is 1. The van der Waals surface area contributed by atoms with E-state index in [0.717, 1.165) is 35.3 Å². The molecule has 1 aliphatic rings. The molecule has 2 N–H and O–H groups in total. The zero-order chi connectivity index (χ0) is 26.5. The normalized spacial score (nSPS) is 14.8. The standard InChI is InChI=1S/C30H32ClN5O2/c1-21(22-7-3-2-4-8-22)36(30(38)32-25-13-11-24(31)12-14-25)20-17-28(37)35-18-15-23(16-19-35)29-33-26-9-5-6-10-27(26)34-29/h2-14,21,23H,15-20H2,1H3,(H,32,38)(H,33,34). The molecule has 2 heterocycles. The molecular formula is C30H32ClN5O2. The summed E-state index contributed by atoms with van der Waals surface area (Å²) in [7, 11) is 0. The Bertz CT molecular complexity index is 1350. The molecule has 38 heavy (non-hydrogen) atoms. The lowest BCUT2D eigenvalue weighted by Gasteiger charge is -2.33. The highest BCUT2D eigenvalue weighted by molar-refractivity contribution is 6.30. The van der Waals surface area contributed by atoms with Crippen LogP contribution in [0.2, 0.25) is 5.02 Å². The molecule has 1 saturated heterocycles. The van der Waals surface area contributed by atoms with E-state index in [1.165, 1.54) is 0 Å². The Morgan fingerprint density at radius 3 is 2.42 bits per heavy atom. The molecule has 5 rings (SSSR count). The van der Waals surface area contributed by atoms with Crippen molar-refractivity contribution in [3.63, 3.8) is 0 Å². The molecule has 0 saturated carbocycles. The van der Waals surface area contributed by atoms with Crippen molar-refractivity contribution in [1.82, 2.24) is 19.8 Å². The van der Waals surface area contributed by atoms with Crippen LogP contribution in [0.4, 0.5) is 10.5 Å². The zero-order valence-corrected chi connectivity index (χ0v) is 22.2. The van der Waals surface area contributed by atoms with E-state index in [1.54, 1.807) is 29.2 Å². The number of benzene rings is 3. The van der Waals surface area contributed by atoms with Crippen molar-refractivity contribution < 1.29 is 9.59 Å². The quantitative estimate of drug-likeness (QED) is 0.283. The number of rotatable bonds is 7. The van der Waals surface area contributed by atoms with Crippen molar-refractivity contribution in [3.8, 4) is 0 Å². The van der Waals surface area contributed by atoms with E-state index < -0.39 is 0 Å². The van der Waals surface area contributed by atoms with E-state index >= 15 is 0 Å². The van der Waals surface area contributed by atoms with Gasteiger partial charge in [0.15, 0.2) is 0 Å². The average molecular weight is 530 g/mol. The fraction of sp³-hybridized carbons (Fsp3) is 0.300. The Hall–Kier alpha value is -3.84. The summed E-state index contributed by atoms with van der Waals surface area (Å²) in [6.45, 7) is 3.68. The van der Waals surface area contributed by atoms with Gasteiger partial charge in [0.25, 0.3) is 0 Å². The zero-order valence-electron chi connectivity index (χ0n) is 21.4. The molecule has 1 aliphatic heterocycles. The number of aromatic amines is 1. The first kappa shape index (κ1) is 25.8. The number of fused-ring (bicyclic) bond motifs is 1. The molecule has 7 nitrogen and oxygen atoms in total. The highest BCUT2D eigenvalue weighted by Gasteiger charge is 2.28. The van der Waals surface area contributed by atoms with Gasteiger partial charge in [-0.1, -0.05) is 54.1 Å². The van der Waals surface area contributed by atoms with Gasteiger partial charge in [-0.05, 0) is 61.7 Å². The molecule has 0 bridgehead atoms.